The first-order valence-electron chi connectivity index (χ1n) is 8.41. The highest BCUT2D eigenvalue weighted by Gasteiger charge is 2.22. The molecule has 2 fully saturated rings. The zero-order valence-electron chi connectivity index (χ0n) is 14.1. The third-order valence-corrected chi connectivity index (χ3v) is 4.73. The summed E-state index contributed by atoms with van der Waals surface area (Å²) in [5.74, 6) is 1.45. The summed E-state index contributed by atoms with van der Waals surface area (Å²) in [4.78, 5) is 23.9. The summed E-state index contributed by atoms with van der Waals surface area (Å²) in [6.07, 6.45) is 2.40. The number of carbonyl (C=O) groups is 1. The zero-order chi connectivity index (χ0) is 16.2. The number of likely N-dealkylation sites (N-methyl/N-ethyl adjacent to an activating group) is 1. The Hall–Kier alpha value is -1.66. The summed E-state index contributed by atoms with van der Waals surface area (Å²) in [6, 6.07) is 3.82. The number of anilines is 1. The minimum atomic E-state index is 0.0897. The van der Waals surface area contributed by atoms with Gasteiger partial charge in [-0.2, -0.15) is 4.98 Å². The second-order valence-corrected chi connectivity index (χ2v) is 6.42. The molecule has 126 valence electrons. The third kappa shape index (κ3) is 3.82. The van der Waals surface area contributed by atoms with Gasteiger partial charge in [0.1, 0.15) is 5.82 Å². The number of piperazine rings is 1. The van der Waals surface area contributed by atoms with Gasteiger partial charge >= 0.3 is 0 Å². The molecule has 0 aliphatic carbocycles. The average Bonchev–Trinajstić information content (AvgIpc) is 3.11. The quantitative estimate of drug-likeness (QED) is 0.758. The highest BCUT2D eigenvalue weighted by atomic mass is 16.5. The van der Waals surface area contributed by atoms with Gasteiger partial charge in [0.15, 0.2) is 5.78 Å². The molecule has 1 aromatic rings. The van der Waals surface area contributed by atoms with Crippen LogP contribution in [0.2, 0.25) is 0 Å². The predicted molar refractivity (Wildman–Crippen MR) is 90.5 cm³/mol. The minimum absolute atomic E-state index is 0.0897. The van der Waals surface area contributed by atoms with Crippen LogP contribution in [0, 0.1) is 0 Å². The van der Waals surface area contributed by atoms with Crippen molar-refractivity contribution in [2.24, 2.45) is 0 Å². The first-order chi connectivity index (χ1) is 11.2. The van der Waals surface area contributed by atoms with Crippen LogP contribution in [0.25, 0.3) is 0 Å². The molecule has 23 heavy (non-hydrogen) atoms. The molecular formula is C17H26N4O2. The lowest BCUT2D eigenvalue weighted by molar-refractivity contribution is 0.0873. The Morgan fingerprint density at radius 1 is 1.13 bits per heavy atom. The van der Waals surface area contributed by atoms with E-state index in [0.29, 0.717) is 18.0 Å². The first kappa shape index (κ1) is 16.2. The molecule has 0 bridgehead atoms. The Balaban J connectivity index is 1.69. The van der Waals surface area contributed by atoms with Crippen LogP contribution in [-0.4, -0.2) is 80.5 Å². The Kier molecular flexibility index (Phi) is 5.13. The molecule has 2 aliphatic rings. The van der Waals surface area contributed by atoms with Gasteiger partial charge in [-0.05, 0) is 32.0 Å². The van der Waals surface area contributed by atoms with Gasteiger partial charge < -0.3 is 14.5 Å². The summed E-state index contributed by atoms with van der Waals surface area (Å²) in [7, 11) is 3.70. The van der Waals surface area contributed by atoms with Gasteiger partial charge in [0.2, 0.25) is 5.88 Å². The number of nitrogens with zero attached hydrogens (tertiary/aromatic N) is 4. The molecule has 0 amide bonds. The number of hydrogen-bond donors (Lipinski definition) is 0. The molecule has 0 radical (unpaired) electrons. The van der Waals surface area contributed by atoms with Crippen molar-refractivity contribution in [3.63, 3.8) is 0 Å². The van der Waals surface area contributed by atoms with E-state index in [1.54, 1.807) is 7.11 Å². The van der Waals surface area contributed by atoms with Crippen molar-refractivity contribution in [2.75, 3.05) is 64.9 Å². The van der Waals surface area contributed by atoms with Crippen molar-refractivity contribution in [3.05, 3.63) is 17.7 Å². The highest BCUT2D eigenvalue weighted by molar-refractivity contribution is 5.99. The zero-order valence-corrected chi connectivity index (χ0v) is 14.1. The second kappa shape index (κ2) is 7.27. The Bertz CT molecular complexity index is 550. The smallest absolute Gasteiger partial charge is 0.226 e. The predicted octanol–water partition coefficient (Wildman–Crippen LogP) is 1.12. The maximum atomic E-state index is 12.6. The topological polar surface area (TPSA) is 48.9 Å². The molecule has 2 aliphatic heterocycles. The number of Topliss-reactive ketones (excluding diaryl/α,β-unsaturated/α-hetero) is 1. The van der Waals surface area contributed by atoms with Gasteiger partial charge in [-0.25, -0.2) is 0 Å². The molecule has 0 N–H and O–H groups in total. The number of pyridine rings is 1. The van der Waals surface area contributed by atoms with Gasteiger partial charge in [-0.3, -0.25) is 9.69 Å². The van der Waals surface area contributed by atoms with Crippen molar-refractivity contribution in [2.45, 2.75) is 12.8 Å². The lowest BCUT2D eigenvalue weighted by atomic mass is 10.1. The molecule has 3 rings (SSSR count). The van der Waals surface area contributed by atoms with E-state index in [9.17, 15) is 4.79 Å². The molecule has 0 atom stereocenters. The fraction of sp³-hybridized carbons (Fsp3) is 0.647. The average molecular weight is 318 g/mol. The van der Waals surface area contributed by atoms with Gasteiger partial charge in [0.25, 0.3) is 0 Å². The van der Waals surface area contributed by atoms with Crippen LogP contribution in [0.4, 0.5) is 5.82 Å². The van der Waals surface area contributed by atoms with Gasteiger partial charge in [-0.15, -0.1) is 0 Å². The van der Waals surface area contributed by atoms with Crippen LogP contribution in [0.3, 0.4) is 0 Å². The van der Waals surface area contributed by atoms with E-state index in [4.69, 9.17) is 4.74 Å². The fourth-order valence-corrected chi connectivity index (χ4v) is 3.22. The molecule has 3 heterocycles. The summed E-state index contributed by atoms with van der Waals surface area (Å²) >= 11 is 0. The number of aromatic nitrogens is 1. The van der Waals surface area contributed by atoms with E-state index in [0.717, 1.165) is 45.1 Å². The van der Waals surface area contributed by atoms with E-state index in [1.165, 1.54) is 12.8 Å². The number of carbonyl (C=O) groups excluding carboxylic acids is 1. The van der Waals surface area contributed by atoms with E-state index in [1.807, 2.05) is 12.1 Å². The molecule has 6 heteroatoms. The van der Waals surface area contributed by atoms with Crippen LogP contribution in [0.5, 0.6) is 5.88 Å². The number of hydrogen-bond acceptors (Lipinski definition) is 6. The Labute approximate surface area is 138 Å². The Morgan fingerprint density at radius 3 is 2.48 bits per heavy atom. The van der Waals surface area contributed by atoms with E-state index in [2.05, 4.69) is 26.7 Å². The van der Waals surface area contributed by atoms with Crippen molar-refractivity contribution in [3.8, 4) is 5.88 Å². The molecule has 2 saturated heterocycles. The molecule has 0 spiro atoms. The molecule has 6 nitrogen and oxygen atoms in total. The lowest BCUT2D eigenvalue weighted by Gasteiger charge is -2.31. The van der Waals surface area contributed by atoms with Gasteiger partial charge in [-0.1, -0.05) is 0 Å². The monoisotopic (exact) mass is 318 g/mol. The largest absolute Gasteiger partial charge is 0.480 e. The SMILES string of the molecule is COc1nc(N2CCCC2)ccc1C(=O)CN1CCN(C)CC1. The van der Waals surface area contributed by atoms with Crippen molar-refractivity contribution in [1.82, 2.24) is 14.8 Å². The Morgan fingerprint density at radius 2 is 1.83 bits per heavy atom. The first-order valence-corrected chi connectivity index (χ1v) is 8.41. The summed E-state index contributed by atoms with van der Waals surface area (Å²) < 4.78 is 5.39. The molecular weight excluding hydrogens is 292 g/mol. The van der Waals surface area contributed by atoms with Crippen molar-refractivity contribution in [1.29, 1.82) is 0 Å². The van der Waals surface area contributed by atoms with E-state index in [-0.39, 0.29) is 5.78 Å². The lowest BCUT2D eigenvalue weighted by Crippen LogP contribution is -2.46. The van der Waals surface area contributed by atoms with Crippen LogP contribution >= 0.6 is 0 Å². The van der Waals surface area contributed by atoms with Crippen LogP contribution in [0.1, 0.15) is 23.2 Å². The molecule has 0 saturated carbocycles. The maximum Gasteiger partial charge on any atom is 0.226 e. The number of ketones is 1. The standard InChI is InChI=1S/C17H26N4O2/c1-19-9-11-20(12-10-19)13-15(22)14-5-6-16(18-17(14)23-2)21-7-3-4-8-21/h5-6H,3-4,7-13H2,1-2H3. The maximum absolute atomic E-state index is 12.6. The fourth-order valence-electron chi connectivity index (χ4n) is 3.22. The van der Waals surface area contributed by atoms with Crippen LogP contribution < -0.4 is 9.64 Å². The van der Waals surface area contributed by atoms with Crippen LogP contribution in [0.15, 0.2) is 12.1 Å². The number of methoxy groups -OCH3 is 1. The molecule has 0 aromatic carbocycles. The van der Waals surface area contributed by atoms with Crippen LogP contribution in [-0.2, 0) is 0 Å². The molecule has 0 unspecified atom stereocenters. The summed E-state index contributed by atoms with van der Waals surface area (Å²) in [5, 5.41) is 0. The van der Waals surface area contributed by atoms with Gasteiger partial charge in [0, 0.05) is 39.3 Å². The minimum Gasteiger partial charge on any atom is -0.480 e. The molecule has 1 aromatic heterocycles. The third-order valence-electron chi connectivity index (χ3n) is 4.73. The van der Waals surface area contributed by atoms with Crippen molar-refractivity contribution >= 4 is 11.6 Å². The second-order valence-electron chi connectivity index (χ2n) is 6.42. The summed E-state index contributed by atoms with van der Waals surface area (Å²) in [6.45, 7) is 6.39. The summed E-state index contributed by atoms with van der Waals surface area (Å²) in [5.41, 5.74) is 0.592. The van der Waals surface area contributed by atoms with Crippen molar-refractivity contribution < 1.29 is 9.53 Å². The van der Waals surface area contributed by atoms with Gasteiger partial charge in [0.05, 0.1) is 19.2 Å². The van der Waals surface area contributed by atoms with E-state index >= 15 is 0 Å². The van der Waals surface area contributed by atoms with E-state index < -0.39 is 0 Å². The number of rotatable bonds is 5. The normalized spacial score (nSPS) is 20.0. The number of ether oxygens (including phenoxy) is 1. The highest BCUT2D eigenvalue weighted by Crippen LogP contribution is 2.24.